The van der Waals surface area contributed by atoms with Crippen LogP contribution in [0.25, 0.3) is 0 Å². The number of halogens is 1. The summed E-state index contributed by atoms with van der Waals surface area (Å²) in [5, 5.41) is 0. The highest BCUT2D eigenvalue weighted by Gasteiger charge is 2.33. The lowest BCUT2D eigenvalue weighted by atomic mass is 10.0. The SMILES string of the molecule is Cc1c(N)cc(F)cc1CN1CCN(C(=O)C2CCCC2)[C@@H](C)C1. The Bertz CT molecular complexity index is 613. The van der Waals surface area contributed by atoms with Crippen molar-refractivity contribution in [3.63, 3.8) is 0 Å². The first-order valence-corrected chi connectivity index (χ1v) is 9.03. The molecule has 1 atom stereocenters. The highest BCUT2D eigenvalue weighted by Crippen LogP contribution is 2.28. The van der Waals surface area contributed by atoms with E-state index in [-0.39, 0.29) is 17.8 Å². The molecule has 1 saturated carbocycles. The highest BCUT2D eigenvalue weighted by molar-refractivity contribution is 5.79. The third-order valence-corrected chi connectivity index (χ3v) is 5.61. The first-order valence-electron chi connectivity index (χ1n) is 9.03. The van der Waals surface area contributed by atoms with Gasteiger partial charge in [0.15, 0.2) is 0 Å². The van der Waals surface area contributed by atoms with E-state index < -0.39 is 0 Å². The number of piperazine rings is 1. The molecule has 0 radical (unpaired) electrons. The second kappa shape index (κ2) is 7.09. The monoisotopic (exact) mass is 333 g/mol. The number of benzene rings is 1. The molecule has 0 bridgehead atoms. The lowest BCUT2D eigenvalue weighted by Gasteiger charge is -2.41. The molecular weight excluding hydrogens is 305 g/mol. The van der Waals surface area contributed by atoms with Crippen LogP contribution in [0.2, 0.25) is 0 Å². The first kappa shape index (κ1) is 17.2. The summed E-state index contributed by atoms with van der Waals surface area (Å²) in [6.45, 7) is 7.16. The number of nitrogens with two attached hydrogens (primary N) is 1. The van der Waals surface area contributed by atoms with Crippen LogP contribution in [0.4, 0.5) is 10.1 Å². The first-order chi connectivity index (χ1) is 11.5. The van der Waals surface area contributed by atoms with Crippen LogP contribution < -0.4 is 5.73 Å². The number of hydrogen-bond acceptors (Lipinski definition) is 3. The predicted octanol–water partition coefficient (Wildman–Crippen LogP) is 2.94. The summed E-state index contributed by atoms with van der Waals surface area (Å²) in [5.41, 5.74) is 8.27. The second-order valence-electron chi connectivity index (χ2n) is 7.38. The third-order valence-electron chi connectivity index (χ3n) is 5.61. The summed E-state index contributed by atoms with van der Waals surface area (Å²) >= 11 is 0. The second-order valence-corrected chi connectivity index (χ2v) is 7.38. The molecule has 2 aliphatic rings. The van der Waals surface area contributed by atoms with E-state index in [2.05, 4.69) is 16.7 Å². The molecule has 1 aromatic carbocycles. The summed E-state index contributed by atoms with van der Waals surface area (Å²) in [4.78, 5) is 17.0. The van der Waals surface area contributed by atoms with Gasteiger partial charge in [-0.3, -0.25) is 9.69 Å². The molecule has 0 spiro atoms. The molecule has 0 aromatic heterocycles. The minimum atomic E-state index is -0.281. The number of anilines is 1. The highest BCUT2D eigenvalue weighted by atomic mass is 19.1. The van der Waals surface area contributed by atoms with Gasteiger partial charge in [0.2, 0.25) is 5.91 Å². The minimum Gasteiger partial charge on any atom is -0.398 e. The van der Waals surface area contributed by atoms with Crippen molar-refractivity contribution >= 4 is 11.6 Å². The Kier molecular flexibility index (Phi) is 5.09. The van der Waals surface area contributed by atoms with E-state index in [0.29, 0.717) is 18.1 Å². The zero-order valence-electron chi connectivity index (χ0n) is 14.7. The Balaban J connectivity index is 1.62. The molecule has 132 valence electrons. The number of nitrogens with zero attached hydrogens (tertiary/aromatic N) is 2. The van der Waals surface area contributed by atoms with Crippen LogP contribution in [0.3, 0.4) is 0 Å². The largest absolute Gasteiger partial charge is 0.398 e. The maximum atomic E-state index is 13.6. The van der Waals surface area contributed by atoms with Gasteiger partial charge in [0, 0.05) is 43.8 Å². The molecule has 1 aromatic rings. The maximum absolute atomic E-state index is 13.6. The van der Waals surface area contributed by atoms with Gasteiger partial charge in [-0.15, -0.1) is 0 Å². The zero-order valence-corrected chi connectivity index (χ0v) is 14.7. The number of rotatable bonds is 3. The molecule has 1 saturated heterocycles. The number of hydrogen-bond donors (Lipinski definition) is 1. The van der Waals surface area contributed by atoms with Crippen molar-refractivity contribution in [1.29, 1.82) is 0 Å². The summed E-state index contributed by atoms with van der Waals surface area (Å²) in [6.07, 6.45) is 4.47. The van der Waals surface area contributed by atoms with Crippen LogP contribution in [0, 0.1) is 18.7 Å². The number of amides is 1. The average molecular weight is 333 g/mol. The van der Waals surface area contributed by atoms with Crippen LogP contribution in [0.5, 0.6) is 0 Å². The van der Waals surface area contributed by atoms with Crippen LogP contribution in [-0.2, 0) is 11.3 Å². The molecule has 5 heteroatoms. The maximum Gasteiger partial charge on any atom is 0.226 e. The van der Waals surface area contributed by atoms with Crippen molar-refractivity contribution in [3.8, 4) is 0 Å². The van der Waals surface area contributed by atoms with Gasteiger partial charge in [-0.2, -0.15) is 0 Å². The Hall–Kier alpha value is -1.62. The van der Waals surface area contributed by atoms with Gasteiger partial charge in [-0.1, -0.05) is 12.8 Å². The Morgan fingerprint density at radius 3 is 2.67 bits per heavy atom. The summed E-state index contributed by atoms with van der Waals surface area (Å²) in [6, 6.07) is 3.16. The molecule has 2 fully saturated rings. The topological polar surface area (TPSA) is 49.6 Å². The summed E-state index contributed by atoms with van der Waals surface area (Å²) in [5.74, 6) is 0.297. The van der Waals surface area contributed by atoms with Crippen molar-refractivity contribution in [2.45, 2.75) is 52.1 Å². The molecule has 1 aliphatic heterocycles. The molecule has 1 amide bonds. The van der Waals surface area contributed by atoms with Crippen LogP contribution in [0.1, 0.15) is 43.7 Å². The van der Waals surface area contributed by atoms with Crippen molar-refractivity contribution in [3.05, 3.63) is 29.1 Å². The Morgan fingerprint density at radius 1 is 1.29 bits per heavy atom. The quantitative estimate of drug-likeness (QED) is 0.865. The fraction of sp³-hybridized carbons (Fsp3) is 0.632. The van der Waals surface area contributed by atoms with Gasteiger partial charge in [0.25, 0.3) is 0 Å². The van der Waals surface area contributed by atoms with Gasteiger partial charge in [-0.05, 0) is 49.9 Å². The molecular formula is C19H28FN3O. The fourth-order valence-electron chi connectivity index (χ4n) is 4.08. The van der Waals surface area contributed by atoms with Crippen molar-refractivity contribution in [2.24, 2.45) is 5.92 Å². The third kappa shape index (κ3) is 3.56. The zero-order chi connectivity index (χ0) is 17.3. The fourth-order valence-corrected chi connectivity index (χ4v) is 4.08. The summed E-state index contributed by atoms with van der Waals surface area (Å²) < 4.78 is 13.6. The standard InChI is InChI=1S/C19H28FN3O/c1-13-11-22(12-16-9-17(20)10-18(21)14(16)2)7-8-23(13)19(24)15-5-3-4-6-15/h9-10,13,15H,3-8,11-12,21H2,1-2H3/t13-/m0/s1. The molecule has 4 nitrogen and oxygen atoms in total. The predicted molar refractivity (Wildman–Crippen MR) is 94.0 cm³/mol. The van der Waals surface area contributed by atoms with E-state index in [0.717, 1.165) is 43.6 Å². The van der Waals surface area contributed by atoms with E-state index in [1.807, 2.05) is 6.92 Å². The van der Waals surface area contributed by atoms with Crippen LogP contribution >= 0.6 is 0 Å². The van der Waals surface area contributed by atoms with E-state index in [9.17, 15) is 9.18 Å². The number of carbonyl (C=O) groups is 1. The Morgan fingerprint density at radius 2 is 2.00 bits per heavy atom. The van der Waals surface area contributed by atoms with Crippen LogP contribution in [-0.4, -0.2) is 41.4 Å². The molecule has 2 N–H and O–H groups in total. The van der Waals surface area contributed by atoms with Gasteiger partial charge in [0.05, 0.1) is 0 Å². The van der Waals surface area contributed by atoms with Gasteiger partial charge >= 0.3 is 0 Å². The summed E-state index contributed by atoms with van der Waals surface area (Å²) in [7, 11) is 0. The Labute approximate surface area is 143 Å². The van der Waals surface area contributed by atoms with Crippen molar-refractivity contribution in [2.75, 3.05) is 25.4 Å². The normalized spacial score (nSPS) is 23.0. The molecule has 1 heterocycles. The molecule has 1 aliphatic carbocycles. The molecule has 3 rings (SSSR count). The van der Waals surface area contributed by atoms with Gasteiger partial charge < -0.3 is 10.6 Å². The van der Waals surface area contributed by atoms with E-state index in [1.54, 1.807) is 6.07 Å². The van der Waals surface area contributed by atoms with Crippen molar-refractivity contribution in [1.82, 2.24) is 9.80 Å². The van der Waals surface area contributed by atoms with E-state index in [4.69, 9.17) is 5.73 Å². The van der Waals surface area contributed by atoms with E-state index in [1.165, 1.54) is 18.9 Å². The van der Waals surface area contributed by atoms with Gasteiger partial charge in [0.1, 0.15) is 5.82 Å². The molecule has 0 unspecified atom stereocenters. The minimum absolute atomic E-state index is 0.207. The van der Waals surface area contributed by atoms with Crippen LogP contribution in [0.15, 0.2) is 12.1 Å². The lowest BCUT2D eigenvalue weighted by molar-refractivity contribution is -0.140. The smallest absolute Gasteiger partial charge is 0.226 e. The lowest BCUT2D eigenvalue weighted by Crippen LogP contribution is -2.54. The van der Waals surface area contributed by atoms with Crippen molar-refractivity contribution < 1.29 is 9.18 Å². The average Bonchev–Trinajstić information content (AvgIpc) is 3.06. The molecule has 24 heavy (non-hydrogen) atoms. The number of carbonyl (C=O) groups excluding carboxylic acids is 1. The van der Waals surface area contributed by atoms with E-state index >= 15 is 0 Å². The number of nitrogen functional groups attached to an aromatic ring is 1. The van der Waals surface area contributed by atoms with Gasteiger partial charge in [-0.25, -0.2) is 4.39 Å².